The van der Waals surface area contributed by atoms with E-state index in [0.717, 1.165) is 31.2 Å². The average Bonchev–Trinajstić information content (AvgIpc) is 3.26. The quantitative estimate of drug-likeness (QED) is 0.344. The number of aryl methyl sites for hydroxylation is 2. The second kappa shape index (κ2) is 9.01. The standard InChI is InChI=1S/C23H29N5O3/c1-3-31-13-7-12-27-19(24)17(22(29)25-16-9-4-5-10-16)14-18-21(27)26-20-15(2)8-6-11-28(20)23(18)30/h6,8,11,14,16,24H,3-5,7,9-10,12-13H2,1-2H3,(H,25,29)/p+1. The molecule has 164 valence electrons. The first-order valence-electron chi connectivity index (χ1n) is 11.0. The Hall–Kier alpha value is -3.00. The lowest BCUT2D eigenvalue weighted by molar-refractivity contribution is -0.659. The van der Waals surface area contributed by atoms with Crippen LogP contribution in [0, 0.1) is 6.92 Å². The number of nitrogens with two attached hydrogens (primary N) is 1. The van der Waals surface area contributed by atoms with Gasteiger partial charge in [-0.1, -0.05) is 23.9 Å². The maximum Gasteiger partial charge on any atom is 0.278 e. The predicted molar refractivity (Wildman–Crippen MR) is 119 cm³/mol. The fraction of sp³-hybridized carbons (Fsp3) is 0.478. The van der Waals surface area contributed by atoms with Crippen LogP contribution >= 0.6 is 0 Å². The van der Waals surface area contributed by atoms with Crippen LogP contribution in [0.5, 0.6) is 0 Å². The molecule has 31 heavy (non-hydrogen) atoms. The van der Waals surface area contributed by atoms with E-state index in [4.69, 9.17) is 15.5 Å². The summed E-state index contributed by atoms with van der Waals surface area (Å²) in [4.78, 5) is 31.2. The number of hydrogen-bond donors (Lipinski definition) is 2. The Morgan fingerprint density at radius 1 is 1.39 bits per heavy atom. The number of anilines is 1. The van der Waals surface area contributed by atoms with Gasteiger partial charge in [-0.3, -0.25) is 14.0 Å². The van der Waals surface area contributed by atoms with Gasteiger partial charge in [0.2, 0.25) is 11.5 Å². The maximum atomic E-state index is 13.3. The monoisotopic (exact) mass is 424 g/mol. The summed E-state index contributed by atoms with van der Waals surface area (Å²) in [5.74, 6) is 0.0860. The van der Waals surface area contributed by atoms with E-state index < -0.39 is 0 Å². The lowest BCUT2D eigenvalue weighted by Crippen LogP contribution is -2.44. The first-order chi connectivity index (χ1) is 15.0. The van der Waals surface area contributed by atoms with Crippen LogP contribution < -0.4 is 21.2 Å². The molecule has 0 saturated heterocycles. The van der Waals surface area contributed by atoms with E-state index in [0.29, 0.717) is 54.2 Å². The van der Waals surface area contributed by atoms with Crippen LogP contribution in [0.2, 0.25) is 0 Å². The fourth-order valence-corrected chi connectivity index (χ4v) is 4.32. The zero-order chi connectivity index (χ0) is 22.0. The molecule has 0 atom stereocenters. The maximum absolute atomic E-state index is 13.3. The summed E-state index contributed by atoms with van der Waals surface area (Å²) < 4.78 is 8.78. The summed E-state index contributed by atoms with van der Waals surface area (Å²) in [6.07, 6.45) is 6.58. The molecule has 1 amide bonds. The molecule has 1 aliphatic rings. The summed E-state index contributed by atoms with van der Waals surface area (Å²) in [6.45, 7) is 5.56. The number of rotatable bonds is 7. The summed E-state index contributed by atoms with van der Waals surface area (Å²) in [5, 5.41) is 3.46. The van der Waals surface area contributed by atoms with Gasteiger partial charge in [-0.15, -0.1) is 0 Å². The second-order valence-electron chi connectivity index (χ2n) is 8.14. The zero-order valence-corrected chi connectivity index (χ0v) is 18.2. The molecule has 3 N–H and O–H groups in total. The van der Waals surface area contributed by atoms with Crippen LogP contribution in [0.4, 0.5) is 5.82 Å². The van der Waals surface area contributed by atoms with Crippen molar-refractivity contribution < 1.29 is 14.1 Å². The Morgan fingerprint density at radius 2 is 2.16 bits per heavy atom. The van der Waals surface area contributed by atoms with Crippen molar-refractivity contribution in [1.82, 2.24) is 14.7 Å². The molecule has 0 radical (unpaired) electrons. The van der Waals surface area contributed by atoms with Crippen LogP contribution in [0.3, 0.4) is 0 Å². The van der Waals surface area contributed by atoms with Crippen LogP contribution in [0.25, 0.3) is 16.7 Å². The van der Waals surface area contributed by atoms with Crippen LogP contribution in [-0.4, -0.2) is 34.5 Å². The highest BCUT2D eigenvalue weighted by Crippen LogP contribution is 2.20. The molecule has 8 heteroatoms. The third-order valence-electron chi connectivity index (χ3n) is 5.98. The van der Waals surface area contributed by atoms with Crippen LogP contribution in [0.15, 0.2) is 29.2 Å². The van der Waals surface area contributed by atoms with Crippen molar-refractivity contribution in [3.8, 4) is 0 Å². The van der Waals surface area contributed by atoms with Crippen molar-refractivity contribution >= 4 is 28.4 Å². The molecule has 3 heterocycles. The lowest BCUT2D eigenvalue weighted by atomic mass is 10.1. The van der Waals surface area contributed by atoms with Gasteiger partial charge in [-0.05, 0) is 38.8 Å². The van der Waals surface area contributed by atoms with Crippen LogP contribution in [0.1, 0.15) is 54.9 Å². The topological polar surface area (TPSA) is 103 Å². The van der Waals surface area contributed by atoms with Crippen LogP contribution in [-0.2, 0) is 11.3 Å². The Morgan fingerprint density at radius 3 is 2.90 bits per heavy atom. The number of aromatic nitrogens is 3. The minimum atomic E-state index is -0.237. The molecule has 8 nitrogen and oxygen atoms in total. The molecule has 0 unspecified atom stereocenters. The molecule has 3 aromatic rings. The minimum absolute atomic E-state index is 0.160. The number of nitrogen functional groups attached to an aromatic ring is 1. The number of hydrogen-bond acceptors (Lipinski definition) is 5. The minimum Gasteiger partial charge on any atom is -0.382 e. The lowest BCUT2D eigenvalue weighted by Gasteiger charge is -2.15. The number of fused-ring (bicyclic) bond motifs is 2. The van der Waals surface area contributed by atoms with E-state index in [1.54, 1.807) is 16.8 Å². The summed E-state index contributed by atoms with van der Waals surface area (Å²) in [7, 11) is 0. The van der Waals surface area contributed by atoms with Crippen molar-refractivity contribution in [2.75, 3.05) is 18.9 Å². The molecule has 1 saturated carbocycles. The number of carbonyl (C=O) groups excluding carboxylic acids is 1. The van der Waals surface area contributed by atoms with Gasteiger partial charge in [0.15, 0.2) is 0 Å². The van der Waals surface area contributed by atoms with Gasteiger partial charge in [0, 0.05) is 37.4 Å². The van der Waals surface area contributed by atoms with Crippen molar-refractivity contribution in [2.45, 2.75) is 58.5 Å². The second-order valence-corrected chi connectivity index (χ2v) is 8.14. The summed E-state index contributed by atoms with van der Waals surface area (Å²) >= 11 is 0. The molecule has 0 aliphatic heterocycles. The van der Waals surface area contributed by atoms with E-state index in [1.165, 1.54) is 4.40 Å². The van der Waals surface area contributed by atoms with E-state index in [-0.39, 0.29) is 17.5 Å². The van der Waals surface area contributed by atoms with E-state index in [2.05, 4.69) is 5.32 Å². The summed E-state index contributed by atoms with van der Waals surface area (Å²) in [6, 6.07) is 5.49. The third-order valence-corrected chi connectivity index (χ3v) is 5.98. The van der Waals surface area contributed by atoms with E-state index in [9.17, 15) is 9.59 Å². The molecule has 0 spiro atoms. The number of nitrogens with one attached hydrogen (secondary N) is 1. The molecular weight excluding hydrogens is 394 g/mol. The number of amides is 1. The Kier molecular flexibility index (Phi) is 6.18. The van der Waals surface area contributed by atoms with Gasteiger partial charge in [-0.25, -0.2) is 4.57 Å². The number of carbonyl (C=O) groups is 1. The highest BCUT2D eigenvalue weighted by atomic mass is 16.5. The van der Waals surface area contributed by atoms with E-state index >= 15 is 0 Å². The largest absolute Gasteiger partial charge is 0.382 e. The normalized spacial score (nSPS) is 14.5. The molecular formula is C23H30N5O3+. The first kappa shape index (κ1) is 21.2. The van der Waals surface area contributed by atoms with Gasteiger partial charge in [0.25, 0.3) is 17.1 Å². The Bertz CT molecular complexity index is 1180. The molecule has 4 rings (SSSR count). The Labute approximate surface area is 181 Å². The first-order valence-corrected chi connectivity index (χ1v) is 11.0. The third kappa shape index (κ3) is 4.12. The van der Waals surface area contributed by atoms with E-state index in [1.807, 2.05) is 26.0 Å². The van der Waals surface area contributed by atoms with Gasteiger partial charge in [-0.2, -0.15) is 0 Å². The molecule has 3 aromatic heterocycles. The summed E-state index contributed by atoms with van der Waals surface area (Å²) in [5.41, 5.74) is 8.56. The van der Waals surface area contributed by atoms with Crippen molar-refractivity contribution in [2.24, 2.45) is 0 Å². The smallest absolute Gasteiger partial charge is 0.278 e. The zero-order valence-electron chi connectivity index (χ0n) is 18.2. The predicted octanol–water partition coefficient (Wildman–Crippen LogP) is 2.12. The number of pyridine rings is 2. The SMILES string of the molecule is CCOCCC[n+]1c(N)c(C(=O)NC2CCCC2)cc2c(=O)n3cccc(C)c3nc21. The van der Waals surface area contributed by atoms with Gasteiger partial charge in [0.05, 0.1) is 6.54 Å². The molecule has 1 fully saturated rings. The highest BCUT2D eigenvalue weighted by molar-refractivity contribution is 6.00. The van der Waals surface area contributed by atoms with Gasteiger partial charge >= 0.3 is 0 Å². The van der Waals surface area contributed by atoms with Crippen molar-refractivity contribution in [3.05, 3.63) is 45.9 Å². The number of ether oxygens (including phenoxy) is 1. The van der Waals surface area contributed by atoms with Gasteiger partial charge < -0.3 is 15.8 Å². The molecule has 0 bridgehead atoms. The van der Waals surface area contributed by atoms with Crippen molar-refractivity contribution in [3.63, 3.8) is 0 Å². The highest BCUT2D eigenvalue weighted by Gasteiger charge is 2.26. The molecule has 1 aliphatic carbocycles. The van der Waals surface area contributed by atoms with Crippen molar-refractivity contribution in [1.29, 1.82) is 0 Å². The average molecular weight is 425 g/mol. The molecule has 0 aromatic carbocycles. The number of nitrogens with zero attached hydrogens (tertiary/aromatic N) is 3. The van der Waals surface area contributed by atoms with Gasteiger partial charge in [0.1, 0.15) is 10.9 Å². The Balaban J connectivity index is 1.87. The fourth-order valence-electron chi connectivity index (χ4n) is 4.32.